The molecule has 18 heavy (non-hydrogen) atoms. The molecule has 94 valence electrons. The first-order valence-corrected chi connectivity index (χ1v) is 5.20. The fourth-order valence-corrected chi connectivity index (χ4v) is 1.49. The fraction of sp³-hybridized carbons (Fsp3) is 0.0769. The lowest BCUT2D eigenvalue weighted by Crippen LogP contribution is -3.00. The Hall–Kier alpha value is -2.07. The van der Waals surface area contributed by atoms with Gasteiger partial charge in [-0.15, -0.1) is 0 Å². The van der Waals surface area contributed by atoms with Crippen molar-refractivity contribution in [1.82, 2.24) is 9.55 Å². The smallest absolute Gasteiger partial charge is 0.328 e. The molecule has 0 aliphatic rings. The molecule has 0 radical (unpaired) electrons. The number of halogens is 1. The van der Waals surface area contributed by atoms with E-state index in [1.54, 1.807) is 18.6 Å². The van der Waals surface area contributed by atoms with Crippen LogP contribution in [0.5, 0.6) is 0 Å². The van der Waals surface area contributed by atoms with Crippen molar-refractivity contribution in [2.24, 2.45) is 0 Å². The van der Waals surface area contributed by atoms with Crippen LogP contribution >= 0.6 is 0 Å². The highest BCUT2D eigenvalue weighted by Gasteiger charge is 1.95. The van der Waals surface area contributed by atoms with Gasteiger partial charge in [0.2, 0.25) is 0 Å². The van der Waals surface area contributed by atoms with Crippen LogP contribution in [-0.2, 0) is 11.3 Å². The average Bonchev–Trinajstić information content (AvgIpc) is 2.81. The summed E-state index contributed by atoms with van der Waals surface area (Å²) >= 11 is 0. The van der Waals surface area contributed by atoms with Crippen molar-refractivity contribution < 1.29 is 22.3 Å². The second-order valence-electron chi connectivity index (χ2n) is 3.65. The summed E-state index contributed by atoms with van der Waals surface area (Å²) in [6, 6.07) is 7.74. The van der Waals surface area contributed by atoms with Crippen LogP contribution in [0.25, 0.3) is 6.08 Å². The van der Waals surface area contributed by atoms with E-state index in [1.165, 1.54) is 0 Å². The van der Waals surface area contributed by atoms with Gasteiger partial charge in [0.05, 0.1) is 6.33 Å². The van der Waals surface area contributed by atoms with Crippen molar-refractivity contribution in [2.75, 3.05) is 0 Å². The highest BCUT2D eigenvalue weighted by molar-refractivity contribution is 5.85. The molecule has 2 aromatic rings. The number of carbonyl (C=O) groups is 1. The molecule has 1 aromatic heterocycles. The Morgan fingerprint density at radius 2 is 2.06 bits per heavy atom. The second-order valence-corrected chi connectivity index (χ2v) is 3.65. The van der Waals surface area contributed by atoms with Gasteiger partial charge in [-0.3, -0.25) is 0 Å². The molecule has 0 spiro atoms. The summed E-state index contributed by atoms with van der Waals surface area (Å²) in [7, 11) is 0. The molecule has 0 atom stereocenters. The van der Waals surface area contributed by atoms with E-state index in [0.717, 1.165) is 23.7 Å². The van der Waals surface area contributed by atoms with E-state index < -0.39 is 5.97 Å². The van der Waals surface area contributed by atoms with E-state index in [0.29, 0.717) is 0 Å². The number of nitrogens with zero attached hydrogens (tertiary/aromatic N) is 2. The summed E-state index contributed by atoms with van der Waals surface area (Å²) in [5.41, 5.74) is 2.03. The van der Waals surface area contributed by atoms with Crippen LogP contribution < -0.4 is 12.4 Å². The van der Waals surface area contributed by atoms with Crippen molar-refractivity contribution >= 4 is 12.0 Å². The number of aliphatic carboxylic acids is 1. The standard InChI is InChI=1S/C13H12N2O2.ClH/c16-13(17)6-5-11-1-3-12(4-2-11)9-15-8-7-14-10-15;/h1-8,10H,9H2,(H,16,17);1H/p-1. The number of hydrogen-bond donors (Lipinski definition) is 1. The first-order valence-electron chi connectivity index (χ1n) is 5.20. The van der Waals surface area contributed by atoms with Gasteiger partial charge in [-0.05, 0) is 17.2 Å². The first kappa shape index (κ1) is 14.0. The van der Waals surface area contributed by atoms with Gasteiger partial charge < -0.3 is 22.1 Å². The molecule has 0 aliphatic carbocycles. The quantitative estimate of drug-likeness (QED) is 0.723. The third-order valence-electron chi connectivity index (χ3n) is 2.32. The monoisotopic (exact) mass is 263 g/mol. The van der Waals surface area contributed by atoms with Crippen LogP contribution in [0.1, 0.15) is 11.1 Å². The molecular formula is C13H12ClN2O2-. The number of imidazole rings is 1. The van der Waals surface area contributed by atoms with Gasteiger partial charge in [0, 0.05) is 25.0 Å². The molecule has 0 saturated carbocycles. The number of rotatable bonds is 4. The maximum absolute atomic E-state index is 10.4. The van der Waals surface area contributed by atoms with E-state index in [9.17, 15) is 4.79 Å². The van der Waals surface area contributed by atoms with Gasteiger partial charge in [-0.25, -0.2) is 9.78 Å². The Labute approximate surface area is 111 Å². The molecule has 5 heteroatoms. The summed E-state index contributed by atoms with van der Waals surface area (Å²) < 4.78 is 1.97. The van der Waals surface area contributed by atoms with Gasteiger partial charge >= 0.3 is 5.97 Å². The minimum absolute atomic E-state index is 0. The fourth-order valence-electron chi connectivity index (χ4n) is 1.49. The summed E-state index contributed by atoms with van der Waals surface area (Å²) in [5.74, 6) is -0.938. The van der Waals surface area contributed by atoms with Crippen LogP contribution in [0, 0.1) is 0 Å². The molecule has 1 heterocycles. The summed E-state index contributed by atoms with van der Waals surface area (Å²) in [6.07, 6.45) is 8.11. The Morgan fingerprint density at radius 1 is 1.33 bits per heavy atom. The highest BCUT2D eigenvalue weighted by atomic mass is 35.5. The Bertz CT molecular complexity index is 518. The maximum Gasteiger partial charge on any atom is 0.328 e. The topological polar surface area (TPSA) is 55.1 Å². The number of hydrogen-bond acceptors (Lipinski definition) is 2. The van der Waals surface area contributed by atoms with Crippen molar-refractivity contribution in [3.8, 4) is 0 Å². The van der Waals surface area contributed by atoms with Gasteiger partial charge in [-0.1, -0.05) is 24.3 Å². The largest absolute Gasteiger partial charge is 1.00 e. The molecule has 1 N–H and O–H groups in total. The second kappa shape index (κ2) is 6.61. The van der Waals surface area contributed by atoms with E-state index in [-0.39, 0.29) is 12.4 Å². The SMILES string of the molecule is O=C(O)C=Cc1ccc(Cn2ccnc2)cc1.[Cl-]. The zero-order valence-electron chi connectivity index (χ0n) is 9.53. The lowest BCUT2D eigenvalue weighted by atomic mass is 10.1. The first-order chi connectivity index (χ1) is 8.24. The van der Waals surface area contributed by atoms with Gasteiger partial charge in [0.15, 0.2) is 0 Å². The predicted octanol–water partition coefficient (Wildman–Crippen LogP) is -0.967. The third kappa shape index (κ3) is 4.07. The average molecular weight is 264 g/mol. The molecule has 0 saturated heterocycles. The molecular weight excluding hydrogens is 252 g/mol. The van der Waals surface area contributed by atoms with Crippen LogP contribution in [0.2, 0.25) is 0 Å². The van der Waals surface area contributed by atoms with Crippen molar-refractivity contribution in [3.05, 3.63) is 60.2 Å². The van der Waals surface area contributed by atoms with Crippen LogP contribution in [-0.4, -0.2) is 20.6 Å². The van der Waals surface area contributed by atoms with Crippen LogP contribution in [0.15, 0.2) is 49.1 Å². The molecule has 0 bridgehead atoms. The minimum atomic E-state index is -0.938. The molecule has 0 fully saturated rings. The Balaban J connectivity index is 0.00000162. The predicted molar refractivity (Wildman–Crippen MR) is 64.4 cm³/mol. The van der Waals surface area contributed by atoms with Gasteiger partial charge in [-0.2, -0.15) is 0 Å². The number of carboxylic acids is 1. The lowest BCUT2D eigenvalue weighted by molar-refractivity contribution is -0.131. The molecule has 0 aliphatic heterocycles. The summed E-state index contributed by atoms with van der Waals surface area (Å²) in [6.45, 7) is 0.767. The maximum atomic E-state index is 10.4. The number of aromatic nitrogens is 2. The van der Waals surface area contributed by atoms with E-state index in [2.05, 4.69) is 4.98 Å². The van der Waals surface area contributed by atoms with Crippen molar-refractivity contribution in [2.45, 2.75) is 6.54 Å². The van der Waals surface area contributed by atoms with Gasteiger partial charge in [0.1, 0.15) is 0 Å². The van der Waals surface area contributed by atoms with Crippen LogP contribution in [0.3, 0.4) is 0 Å². The molecule has 4 nitrogen and oxygen atoms in total. The zero-order valence-corrected chi connectivity index (χ0v) is 10.3. The molecule has 1 aromatic carbocycles. The minimum Gasteiger partial charge on any atom is -1.00 e. The lowest BCUT2D eigenvalue weighted by Gasteiger charge is -2.02. The number of carboxylic acid groups (broad SMARTS) is 1. The normalized spacial score (nSPS) is 10.2. The van der Waals surface area contributed by atoms with Gasteiger partial charge in [0.25, 0.3) is 0 Å². The Morgan fingerprint density at radius 3 is 2.61 bits per heavy atom. The Kier molecular flexibility index (Phi) is 5.14. The third-order valence-corrected chi connectivity index (χ3v) is 2.32. The molecule has 2 rings (SSSR count). The van der Waals surface area contributed by atoms with Crippen LogP contribution in [0.4, 0.5) is 0 Å². The van der Waals surface area contributed by atoms with E-state index in [1.807, 2.05) is 35.0 Å². The van der Waals surface area contributed by atoms with Crippen molar-refractivity contribution in [3.63, 3.8) is 0 Å². The molecule has 0 unspecified atom stereocenters. The molecule has 0 amide bonds. The van der Waals surface area contributed by atoms with E-state index in [4.69, 9.17) is 5.11 Å². The van der Waals surface area contributed by atoms with Crippen molar-refractivity contribution in [1.29, 1.82) is 0 Å². The zero-order chi connectivity index (χ0) is 12.1. The highest BCUT2D eigenvalue weighted by Crippen LogP contribution is 2.07. The summed E-state index contributed by atoms with van der Waals surface area (Å²) in [5, 5.41) is 8.50. The summed E-state index contributed by atoms with van der Waals surface area (Å²) in [4.78, 5) is 14.3. The number of benzene rings is 1. The van der Waals surface area contributed by atoms with E-state index >= 15 is 0 Å².